The van der Waals surface area contributed by atoms with E-state index in [9.17, 15) is 10.1 Å². The number of hydrogen-bond donors (Lipinski definition) is 1. The van der Waals surface area contributed by atoms with E-state index in [4.69, 9.17) is 11.6 Å². The predicted molar refractivity (Wildman–Crippen MR) is 83.6 cm³/mol. The van der Waals surface area contributed by atoms with Crippen LogP contribution in [-0.2, 0) is 0 Å². The monoisotopic (exact) mass is 299 g/mol. The van der Waals surface area contributed by atoms with Gasteiger partial charge in [-0.2, -0.15) is 0 Å². The molecule has 0 fully saturated rings. The maximum atomic E-state index is 10.9. The number of nitrogens with one attached hydrogen (secondary N) is 1. The molecule has 20 heavy (non-hydrogen) atoms. The van der Waals surface area contributed by atoms with Crippen LogP contribution in [0.25, 0.3) is 0 Å². The van der Waals surface area contributed by atoms with E-state index in [0.717, 1.165) is 19.4 Å². The Balaban J connectivity index is 2.45. The van der Waals surface area contributed by atoms with Crippen LogP contribution in [-0.4, -0.2) is 36.0 Å². The van der Waals surface area contributed by atoms with E-state index in [2.05, 4.69) is 31.1 Å². The van der Waals surface area contributed by atoms with Gasteiger partial charge in [0.2, 0.25) is 0 Å². The summed E-state index contributed by atoms with van der Waals surface area (Å²) in [6, 6.07) is 5.24. The van der Waals surface area contributed by atoms with E-state index in [1.54, 1.807) is 12.1 Å². The standard InChI is InChI=1S/C14H22ClN3O2/c1-11(2)17(3)10-5-4-9-16-14-12(15)7-6-8-13(14)18(19)20/h6-8,11,16H,4-5,9-10H2,1-3H3. The zero-order valence-corrected chi connectivity index (χ0v) is 13.0. The van der Waals surface area contributed by atoms with Gasteiger partial charge in [-0.05, 0) is 46.3 Å². The highest BCUT2D eigenvalue weighted by Gasteiger charge is 2.15. The van der Waals surface area contributed by atoms with Crippen molar-refractivity contribution in [2.24, 2.45) is 0 Å². The van der Waals surface area contributed by atoms with Crippen molar-refractivity contribution in [1.29, 1.82) is 0 Å². The summed E-state index contributed by atoms with van der Waals surface area (Å²) < 4.78 is 0. The second-order valence-corrected chi connectivity index (χ2v) is 5.51. The molecule has 0 atom stereocenters. The Morgan fingerprint density at radius 2 is 2.10 bits per heavy atom. The van der Waals surface area contributed by atoms with Crippen molar-refractivity contribution in [2.75, 3.05) is 25.5 Å². The number of anilines is 1. The Hall–Kier alpha value is -1.33. The lowest BCUT2D eigenvalue weighted by Crippen LogP contribution is -2.27. The normalized spacial score (nSPS) is 11.1. The summed E-state index contributed by atoms with van der Waals surface area (Å²) >= 11 is 6.00. The second-order valence-electron chi connectivity index (χ2n) is 5.10. The van der Waals surface area contributed by atoms with E-state index in [-0.39, 0.29) is 5.69 Å². The molecule has 0 saturated carbocycles. The van der Waals surface area contributed by atoms with E-state index in [0.29, 0.717) is 23.3 Å². The Kier molecular flexibility index (Phi) is 6.75. The first-order chi connectivity index (χ1) is 9.43. The van der Waals surface area contributed by atoms with Crippen LogP contribution in [0.5, 0.6) is 0 Å². The third-order valence-electron chi connectivity index (χ3n) is 3.31. The Morgan fingerprint density at radius 1 is 1.40 bits per heavy atom. The molecule has 0 amide bonds. The molecule has 0 heterocycles. The van der Waals surface area contributed by atoms with Gasteiger partial charge in [-0.25, -0.2) is 0 Å². The van der Waals surface area contributed by atoms with Crippen LogP contribution in [0.4, 0.5) is 11.4 Å². The lowest BCUT2D eigenvalue weighted by atomic mass is 10.2. The van der Waals surface area contributed by atoms with Crippen molar-refractivity contribution in [1.82, 2.24) is 4.90 Å². The zero-order chi connectivity index (χ0) is 15.1. The fraction of sp³-hybridized carbons (Fsp3) is 0.571. The predicted octanol–water partition coefficient (Wildman–Crippen LogP) is 3.78. The van der Waals surface area contributed by atoms with Crippen LogP contribution in [0.1, 0.15) is 26.7 Å². The molecular formula is C14H22ClN3O2. The highest BCUT2D eigenvalue weighted by molar-refractivity contribution is 6.33. The number of nitrogens with zero attached hydrogens (tertiary/aromatic N) is 2. The summed E-state index contributed by atoms with van der Waals surface area (Å²) in [5, 5.41) is 14.4. The lowest BCUT2D eigenvalue weighted by Gasteiger charge is -2.20. The van der Waals surface area contributed by atoms with Gasteiger partial charge in [0, 0.05) is 18.7 Å². The molecule has 1 rings (SSSR count). The van der Waals surface area contributed by atoms with Crippen molar-refractivity contribution < 1.29 is 4.92 Å². The van der Waals surface area contributed by atoms with Crippen molar-refractivity contribution in [3.05, 3.63) is 33.3 Å². The third-order valence-corrected chi connectivity index (χ3v) is 3.62. The fourth-order valence-corrected chi connectivity index (χ4v) is 2.03. The van der Waals surface area contributed by atoms with E-state index in [1.165, 1.54) is 6.07 Å². The van der Waals surface area contributed by atoms with Gasteiger partial charge in [0.15, 0.2) is 0 Å². The fourth-order valence-electron chi connectivity index (χ4n) is 1.80. The van der Waals surface area contributed by atoms with E-state index >= 15 is 0 Å². The average molecular weight is 300 g/mol. The minimum absolute atomic E-state index is 0.0248. The molecule has 0 aliphatic heterocycles. The maximum absolute atomic E-state index is 10.9. The third kappa shape index (κ3) is 4.98. The first kappa shape index (κ1) is 16.7. The number of para-hydroxylation sites is 1. The molecule has 0 bridgehead atoms. The SMILES string of the molecule is CC(C)N(C)CCCCNc1c(Cl)cccc1[N+](=O)[O-]. The molecule has 0 aliphatic rings. The molecule has 0 spiro atoms. The summed E-state index contributed by atoms with van der Waals surface area (Å²) in [7, 11) is 2.09. The van der Waals surface area contributed by atoms with Gasteiger partial charge in [-0.15, -0.1) is 0 Å². The Bertz CT molecular complexity index is 452. The molecule has 0 radical (unpaired) electrons. The minimum Gasteiger partial charge on any atom is -0.378 e. The van der Waals surface area contributed by atoms with Crippen molar-refractivity contribution >= 4 is 23.0 Å². The second kappa shape index (κ2) is 8.07. The number of halogens is 1. The van der Waals surface area contributed by atoms with Crippen LogP contribution in [0.15, 0.2) is 18.2 Å². The average Bonchev–Trinajstić information content (AvgIpc) is 2.39. The highest BCUT2D eigenvalue weighted by Crippen LogP contribution is 2.31. The minimum atomic E-state index is -0.416. The number of rotatable bonds is 8. The number of unbranched alkanes of at least 4 members (excludes halogenated alkanes) is 1. The molecule has 1 N–H and O–H groups in total. The topological polar surface area (TPSA) is 58.4 Å². The molecule has 0 aromatic heterocycles. The number of nitro groups is 1. The molecule has 0 aliphatic carbocycles. The van der Waals surface area contributed by atoms with Crippen molar-refractivity contribution in [3.8, 4) is 0 Å². The lowest BCUT2D eigenvalue weighted by molar-refractivity contribution is -0.383. The van der Waals surface area contributed by atoms with Crippen LogP contribution < -0.4 is 5.32 Å². The molecule has 0 saturated heterocycles. The summed E-state index contributed by atoms with van der Waals surface area (Å²) in [5.41, 5.74) is 0.438. The largest absolute Gasteiger partial charge is 0.378 e. The molecule has 1 aromatic carbocycles. The van der Waals surface area contributed by atoms with Crippen LogP contribution in [0, 0.1) is 10.1 Å². The highest BCUT2D eigenvalue weighted by atomic mass is 35.5. The number of benzene rings is 1. The van der Waals surface area contributed by atoms with Crippen LogP contribution in [0.3, 0.4) is 0 Å². The Labute approximate surface area is 125 Å². The van der Waals surface area contributed by atoms with Gasteiger partial charge in [0.25, 0.3) is 5.69 Å². The van der Waals surface area contributed by atoms with Crippen LogP contribution in [0.2, 0.25) is 5.02 Å². The first-order valence-electron chi connectivity index (χ1n) is 6.80. The first-order valence-corrected chi connectivity index (χ1v) is 7.18. The quantitative estimate of drug-likeness (QED) is 0.451. The molecule has 5 nitrogen and oxygen atoms in total. The molecule has 112 valence electrons. The molecule has 6 heteroatoms. The van der Waals surface area contributed by atoms with E-state index < -0.39 is 4.92 Å². The van der Waals surface area contributed by atoms with Gasteiger partial charge in [-0.1, -0.05) is 17.7 Å². The molecule has 0 unspecified atom stereocenters. The summed E-state index contributed by atoms with van der Waals surface area (Å²) in [4.78, 5) is 12.8. The summed E-state index contributed by atoms with van der Waals surface area (Å²) in [6.45, 7) is 6.01. The Morgan fingerprint density at radius 3 is 2.70 bits per heavy atom. The maximum Gasteiger partial charge on any atom is 0.293 e. The van der Waals surface area contributed by atoms with Crippen molar-refractivity contribution in [3.63, 3.8) is 0 Å². The van der Waals surface area contributed by atoms with Gasteiger partial charge in [-0.3, -0.25) is 10.1 Å². The van der Waals surface area contributed by atoms with Gasteiger partial charge in [0.05, 0.1) is 9.95 Å². The number of nitro benzene ring substituents is 1. The van der Waals surface area contributed by atoms with E-state index in [1.807, 2.05) is 0 Å². The van der Waals surface area contributed by atoms with Gasteiger partial charge >= 0.3 is 0 Å². The summed E-state index contributed by atoms with van der Waals surface area (Å²) in [6.07, 6.45) is 1.99. The smallest absolute Gasteiger partial charge is 0.293 e. The van der Waals surface area contributed by atoms with Crippen molar-refractivity contribution in [2.45, 2.75) is 32.7 Å². The summed E-state index contributed by atoms with van der Waals surface area (Å²) in [5.74, 6) is 0. The molecular weight excluding hydrogens is 278 g/mol. The zero-order valence-electron chi connectivity index (χ0n) is 12.2. The van der Waals surface area contributed by atoms with Crippen LogP contribution >= 0.6 is 11.6 Å². The van der Waals surface area contributed by atoms with Gasteiger partial charge in [0.1, 0.15) is 5.69 Å². The van der Waals surface area contributed by atoms with Gasteiger partial charge < -0.3 is 10.2 Å². The number of hydrogen-bond acceptors (Lipinski definition) is 4. The molecule has 1 aromatic rings.